The molecule has 0 radical (unpaired) electrons. The van der Waals surface area contributed by atoms with Gasteiger partial charge in [-0.2, -0.15) is 0 Å². The summed E-state index contributed by atoms with van der Waals surface area (Å²) in [6, 6.07) is 16.7. The Balaban J connectivity index is 0.000000227. The summed E-state index contributed by atoms with van der Waals surface area (Å²) in [6.07, 6.45) is 6.60. The van der Waals surface area contributed by atoms with Crippen LogP contribution in [0.4, 0.5) is 11.5 Å². The third kappa shape index (κ3) is 8.57. The van der Waals surface area contributed by atoms with Gasteiger partial charge in [0.05, 0.1) is 18.0 Å². The maximum Gasteiger partial charge on any atom is 0.156 e. The van der Waals surface area contributed by atoms with Crippen LogP contribution in [0.25, 0.3) is 11.0 Å². The van der Waals surface area contributed by atoms with Crippen LogP contribution in [-0.4, -0.2) is 45.3 Å². The van der Waals surface area contributed by atoms with E-state index in [1.54, 1.807) is 15.4 Å². The monoisotopic (exact) mass is 678 g/mol. The number of carbonyl (C=O) groups is 1. The topological polar surface area (TPSA) is 75.1 Å². The summed E-state index contributed by atoms with van der Waals surface area (Å²) in [6.45, 7) is 8.41. The Hall–Kier alpha value is -2.34. The molecule has 1 aliphatic heterocycles. The Morgan fingerprint density at radius 2 is 1.97 bits per heavy atom. The first-order chi connectivity index (χ1) is 19.0. The average molecular weight is 679 g/mol. The van der Waals surface area contributed by atoms with Gasteiger partial charge in [0.25, 0.3) is 0 Å². The number of halogens is 2. The Bertz CT molecular complexity index is 1350. The number of nitrogens with zero attached hydrogens (tertiary/aromatic N) is 4. The first kappa shape index (κ1) is 31.2. The fraction of sp³-hybridized carbons (Fsp3) is 0.345. The molecular formula is C29H36ClIN6OS. The van der Waals surface area contributed by atoms with E-state index in [4.69, 9.17) is 11.6 Å². The van der Waals surface area contributed by atoms with Crippen LogP contribution in [-0.2, 0) is 17.8 Å². The number of aldehydes is 1. The summed E-state index contributed by atoms with van der Waals surface area (Å²) in [4.78, 5) is 21.4. The molecule has 2 N–H and O–H groups in total. The molecule has 2 aromatic heterocycles. The summed E-state index contributed by atoms with van der Waals surface area (Å²) >= 11 is 8.20. The minimum absolute atomic E-state index is 0.235. The molecule has 0 fully saturated rings. The molecule has 5 rings (SSSR count). The molecule has 4 aromatic rings. The summed E-state index contributed by atoms with van der Waals surface area (Å²) in [7, 11) is 3.77. The van der Waals surface area contributed by atoms with Crippen LogP contribution in [0, 0.1) is 0 Å². The predicted molar refractivity (Wildman–Crippen MR) is 175 cm³/mol. The average Bonchev–Trinajstić information content (AvgIpc) is 3.37. The second kappa shape index (κ2) is 16.1. The summed E-state index contributed by atoms with van der Waals surface area (Å²) < 4.78 is 2.05. The van der Waals surface area contributed by atoms with E-state index in [1.807, 2.05) is 42.2 Å². The molecule has 0 spiro atoms. The van der Waals surface area contributed by atoms with Crippen LogP contribution in [0.3, 0.4) is 0 Å². The number of aromatic nitrogens is 3. The van der Waals surface area contributed by atoms with Crippen molar-refractivity contribution in [1.29, 1.82) is 0 Å². The molecule has 1 atom stereocenters. The predicted octanol–water partition coefficient (Wildman–Crippen LogP) is 7.81. The van der Waals surface area contributed by atoms with E-state index in [2.05, 4.69) is 91.0 Å². The molecule has 208 valence electrons. The number of rotatable bonds is 8. The van der Waals surface area contributed by atoms with Crippen LogP contribution >= 0.6 is 41.9 Å². The van der Waals surface area contributed by atoms with Gasteiger partial charge in [0.1, 0.15) is 18.4 Å². The van der Waals surface area contributed by atoms with Crippen LogP contribution in [0.1, 0.15) is 49.9 Å². The van der Waals surface area contributed by atoms with E-state index < -0.39 is 0 Å². The highest BCUT2D eigenvalue weighted by molar-refractivity contribution is 14.2. The van der Waals surface area contributed by atoms with Crippen LogP contribution in [0.5, 0.6) is 0 Å². The van der Waals surface area contributed by atoms with Crippen molar-refractivity contribution >= 4 is 70.8 Å². The van der Waals surface area contributed by atoms with Crippen molar-refractivity contribution in [3.63, 3.8) is 0 Å². The van der Waals surface area contributed by atoms with Crippen molar-refractivity contribution in [2.75, 3.05) is 30.8 Å². The van der Waals surface area contributed by atoms with Gasteiger partial charge in [-0.1, -0.05) is 63.1 Å². The molecule has 3 heterocycles. The number of fused-ring (bicyclic) bond motifs is 2. The molecule has 0 saturated heterocycles. The maximum absolute atomic E-state index is 10.2. The third-order valence-corrected chi connectivity index (χ3v) is 8.02. The smallest absolute Gasteiger partial charge is 0.156 e. The second-order valence-corrected chi connectivity index (χ2v) is 11.1. The minimum atomic E-state index is 0.235. The molecule has 0 bridgehead atoms. The highest BCUT2D eigenvalue weighted by Crippen LogP contribution is 2.32. The van der Waals surface area contributed by atoms with E-state index in [0.29, 0.717) is 11.6 Å². The molecule has 0 aliphatic carbocycles. The van der Waals surface area contributed by atoms with E-state index in [1.165, 1.54) is 16.7 Å². The number of aryl methyl sites for hydroxylation is 1. The first-order valence-electron chi connectivity index (χ1n) is 13.1. The molecule has 1 aliphatic rings. The molecule has 0 saturated carbocycles. The fourth-order valence-corrected chi connectivity index (χ4v) is 6.04. The lowest BCUT2D eigenvalue weighted by Gasteiger charge is -2.33. The standard InChI is InChI=1S/C16H16IN5S.C11H14ClNO.C2H6/c1-21-8-11-4-2-3-5-12(11)14(9-21)20-15-13-6-7-22(23-17)16(13)19-10-18-15;1-2-3-9-6-10(12)8-11(7-9)13-4-5-14;1-2/h2-7,10,14H,8-9H2,1H3,(H,18,19,20);5-8,13H,2-4H2,1H3;1-2H3. The van der Waals surface area contributed by atoms with Gasteiger partial charge < -0.3 is 15.4 Å². The van der Waals surface area contributed by atoms with Crippen molar-refractivity contribution in [3.8, 4) is 0 Å². The van der Waals surface area contributed by atoms with E-state index in [0.717, 1.165) is 54.8 Å². The summed E-state index contributed by atoms with van der Waals surface area (Å²) in [5.41, 5.74) is 5.80. The van der Waals surface area contributed by atoms with Crippen molar-refractivity contribution in [1.82, 2.24) is 18.8 Å². The lowest BCUT2D eigenvalue weighted by atomic mass is 9.95. The van der Waals surface area contributed by atoms with Crippen molar-refractivity contribution < 1.29 is 4.79 Å². The van der Waals surface area contributed by atoms with Gasteiger partial charge >= 0.3 is 0 Å². The normalized spacial score (nSPS) is 14.4. The summed E-state index contributed by atoms with van der Waals surface area (Å²) in [5, 5.41) is 8.38. The highest BCUT2D eigenvalue weighted by atomic mass is 127. The lowest BCUT2D eigenvalue weighted by molar-refractivity contribution is -0.106. The number of nitrogens with one attached hydrogen (secondary N) is 2. The maximum atomic E-state index is 10.2. The van der Waals surface area contributed by atoms with Crippen molar-refractivity contribution in [2.24, 2.45) is 0 Å². The minimum Gasteiger partial charge on any atom is -0.378 e. The first-order valence-corrected chi connectivity index (χ1v) is 16.8. The van der Waals surface area contributed by atoms with Crippen LogP contribution in [0.15, 0.2) is 61.1 Å². The van der Waals surface area contributed by atoms with Gasteiger partial charge in [0.2, 0.25) is 0 Å². The van der Waals surface area contributed by atoms with Gasteiger partial charge in [-0.05, 0) is 54.4 Å². The molecule has 2 aromatic carbocycles. The van der Waals surface area contributed by atoms with Gasteiger partial charge in [-0.15, -0.1) is 0 Å². The number of benzene rings is 2. The second-order valence-electron chi connectivity index (χ2n) is 8.91. The Labute approximate surface area is 252 Å². The molecule has 10 heteroatoms. The Morgan fingerprint density at radius 1 is 1.18 bits per heavy atom. The SMILES string of the molecule is CC.CCCc1cc(Cl)cc(NCC=O)c1.CN1Cc2ccccc2C(Nc2ncnc3c2ccn3SI)C1. The number of hydrogen-bond acceptors (Lipinski definition) is 7. The third-order valence-electron chi connectivity index (χ3n) is 6.08. The summed E-state index contributed by atoms with van der Waals surface area (Å²) in [5.74, 6) is 0.898. The van der Waals surface area contributed by atoms with Gasteiger partial charge in [0.15, 0.2) is 5.65 Å². The number of carbonyl (C=O) groups excluding carboxylic acids is 1. The van der Waals surface area contributed by atoms with Crippen LogP contribution in [0.2, 0.25) is 5.02 Å². The molecular weight excluding hydrogens is 643 g/mol. The lowest BCUT2D eigenvalue weighted by Crippen LogP contribution is -2.34. The van der Waals surface area contributed by atoms with Gasteiger partial charge in [0, 0.05) is 60.3 Å². The van der Waals surface area contributed by atoms with Crippen molar-refractivity contribution in [3.05, 3.63) is 82.8 Å². The molecule has 39 heavy (non-hydrogen) atoms. The van der Waals surface area contributed by atoms with E-state index in [-0.39, 0.29) is 6.04 Å². The highest BCUT2D eigenvalue weighted by Gasteiger charge is 2.24. The quantitative estimate of drug-likeness (QED) is 0.146. The zero-order chi connectivity index (χ0) is 28.2. The zero-order valence-electron chi connectivity index (χ0n) is 22.8. The zero-order valence-corrected chi connectivity index (χ0v) is 26.6. The van der Waals surface area contributed by atoms with Crippen molar-refractivity contribution in [2.45, 2.75) is 46.2 Å². The number of hydrogen-bond donors (Lipinski definition) is 2. The molecule has 0 amide bonds. The van der Waals surface area contributed by atoms with E-state index in [9.17, 15) is 4.79 Å². The number of likely N-dealkylation sites (N-methyl/N-ethyl adjacent to an activating group) is 1. The van der Waals surface area contributed by atoms with Gasteiger partial charge in [-0.25, -0.2) is 9.97 Å². The van der Waals surface area contributed by atoms with Gasteiger partial charge in [-0.3, -0.25) is 8.87 Å². The Kier molecular flexibility index (Phi) is 12.8. The van der Waals surface area contributed by atoms with Crippen LogP contribution < -0.4 is 10.6 Å². The Morgan fingerprint density at radius 3 is 2.72 bits per heavy atom. The fourth-order valence-electron chi connectivity index (χ4n) is 4.52. The van der Waals surface area contributed by atoms with E-state index >= 15 is 0 Å². The number of anilines is 2. The largest absolute Gasteiger partial charge is 0.378 e. The molecule has 7 nitrogen and oxygen atoms in total. The molecule has 1 unspecified atom stereocenters.